The van der Waals surface area contributed by atoms with Crippen LogP contribution in [0.25, 0.3) is 38.6 Å². The van der Waals surface area contributed by atoms with E-state index >= 15 is 0 Å². The van der Waals surface area contributed by atoms with Gasteiger partial charge in [-0.25, -0.2) is 23.1 Å². The van der Waals surface area contributed by atoms with E-state index in [1.54, 1.807) is 22.7 Å². The van der Waals surface area contributed by atoms with Crippen LogP contribution in [0.2, 0.25) is 0 Å². The van der Waals surface area contributed by atoms with Crippen molar-refractivity contribution in [2.45, 2.75) is 50.9 Å². The van der Waals surface area contributed by atoms with Gasteiger partial charge in [0, 0.05) is 37.3 Å². The third kappa shape index (κ3) is 5.10. The number of hydrogen-bond acceptors (Lipinski definition) is 10. The van der Waals surface area contributed by atoms with Crippen LogP contribution in [-0.2, 0) is 13.0 Å². The summed E-state index contributed by atoms with van der Waals surface area (Å²) in [5.74, 6) is -0.162. The van der Waals surface area contributed by atoms with Crippen LogP contribution in [0.5, 0.6) is 11.8 Å². The van der Waals surface area contributed by atoms with E-state index in [1.807, 2.05) is 25.3 Å². The molecule has 6 aromatic rings. The van der Waals surface area contributed by atoms with Gasteiger partial charge < -0.3 is 19.6 Å². The number of pyridine rings is 1. The molecule has 4 aromatic heterocycles. The Morgan fingerprint density at radius 2 is 2.06 bits per heavy atom. The third-order valence-corrected chi connectivity index (χ3v) is 9.39. The lowest BCUT2D eigenvalue weighted by atomic mass is 9.95. The molecule has 47 heavy (non-hydrogen) atoms. The van der Waals surface area contributed by atoms with Gasteiger partial charge >= 0.3 is 11.6 Å². The Labute approximate surface area is 266 Å². The molecular weight excluding hydrogens is 608 g/mol. The van der Waals surface area contributed by atoms with Crippen molar-refractivity contribution in [3.05, 3.63) is 82.4 Å². The second-order valence-corrected chi connectivity index (χ2v) is 12.3. The molecule has 2 fully saturated rings. The van der Waals surface area contributed by atoms with Gasteiger partial charge in [0.05, 0.1) is 11.1 Å². The summed E-state index contributed by atoms with van der Waals surface area (Å²) in [6.45, 7) is 3.51. The predicted molar refractivity (Wildman–Crippen MR) is 171 cm³/mol. The normalized spacial score (nSPS) is 19.6. The lowest BCUT2D eigenvalue weighted by molar-refractivity contribution is 0.107. The van der Waals surface area contributed by atoms with Crippen molar-refractivity contribution < 1.29 is 23.0 Å². The van der Waals surface area contributed by atoms with Crippen molar-refractivity contribution >= 4 is 33.1 Å². The third-order valence-electron chi connectivity index (χ3n) is 9.39. The van der Waals surface area contributed by atoms with Crippen LogP contribution in [0.4, 0.5) is 14.6 Å². The molecule has 11 nitrogen and oxygen atoms in total. The van der Waals surface area contributed by atoms with Crippen LogP contribution >= 0.6 is 0 Å². The second-order valence-electron chi connectivity index (χ2n) is 12.3. The number of aromatic nitrogens is 5. The molecule has 0 saturated carbocycles. The van der Waals surface area contributed by atoms with Gasteiger partial charge in [-0.15, -0.1) is 0 Å². The summed E-state index contributed by atoms with van der Waals surface area (Å²) in [4.78, 5) is 29.2. The van der Waals surface area contributed by atoms with E-state index in [-0.39, 0.29) is 47.4 Å². The molecule has 0 spiro atoms. The zero-order valence-corrected chi connectivity index (χ0v) is 25.5. The molecule has 13 heteroatoms. The number of hydrogen-bond donors (Lipinski definition) is 2. The van der Waals surface area contributed by atoms with Gasteiger partial charge in [0.15, 0.2) is 5.65 Å². The van der Waals surface area contributed by atoms with Crippen LogP contribution in [0.1, 0.15) is 37.3 Å². The van der Waals surface area contributed by atoms with E-state index in [9.17, 15) is 18.7 Å². The van der Waals surface area contributed by atoms with Crippen molar-refractivity contribution in [2.75, 3.05) is 25.0 Å². The molecule has 0 aliphatic carbocycles. The van der Waals surface area contributed by atoms with Gasteiger partial charge in [-0.2, -0.15) is 15.1 Å². The van der Waals surface area contributed by atoms with Crippen LogP contribution in [0.3, 0.4) is 0 Å². The zero-order chi connectivity index (χ0) is 32.3. The number of phenolic OH excluding ortho intramolecular Hbond substituents is 1. The number of nitrogens with zero attached hydrogens (tertiary/aromatic N) is 6. The first kappa shape index (κ1) is 29.2. The molecule has 0 amide bonds. The van der Waals surface area contributed by atoms with E-state index in [0.717, 1.165) is 24.9 Å². The van der Waals surface area contributed by atoms with Crippen molar-refractivity contribution in [1.29, 1.82) is 0 Å². The highest BCUT2D eigenvalue weighted by molar-refractivity contribution is 6.00. The Morgan fingerprint density at radius 1 is 1.17 bits per heavy atom. The van der Waals surface area contributed by atoms with E-state index in [4.69, 9.17) is 9.15 Å². The van der Waals surface area contributed by atoms with Crippen LogP contribution in [0.15, 0.2) is 64.2 Å². The average Bonchev–Trinajstić information content (AvgIpc) is 3.76. The van der Waals surface area contributed by atoms with Gasteiger partial charge in [0.25, 0.3) is 0 Å². The molecule has 240 valence electrons. The number of benzene rings is 2. The summed E-state index contributed by atoms with van der Waals surface area (Å²) in [5.41, 5.74) is 1.41. The highest BCUT2D eigenvalue weighted by atomic mass is 19.1. The maximum atomic E-state index is 14.9. The summed E-state index contributed by atoms with van der Waals surface area (Å²) >= 11 is 0. The van der Waals surface area contributed by atoms with Crippen molar-refractivity contribution in [2.24, 2.45) is 0 Å². The molecule has 8 rings (SSSR count). The molecular formula is C34H31F2N7O4. The van der Waals surface area contributed by atoms with Crippen molar-refractivity contribution in [1.82, 2.24) is 29.5 Å². The lowest BCUT2D eigenvalue weighted by Gasteiger charge is -2.30. The van der Waals surface area contributed by atoms with Gasteiger partial charge in [-0.3, -0.25) is 4.90 Å². The quantitative estimate of drug-likeness (QED) is 0.223. The first-order valence-corrected chi connectivity index (χ1v) is 15.6. The first-order chi connectivity index (χ1) is 22.8. The van der Waals surface area contributed by atoms with E-state index < -0.39 is 23.2 Å². The Hall–Kier alpha value is -5.17. The monoisotopic (exact) mass is 639 g/mol. The van der Waals surface area contributed by atoms with Crippen LogP contribution in [0, 0.1) is 5.82 Å². The molecule has 0 bridgehead atoms. The molecule has 6 heterocycles. The molecule has 2 aliphatic rings. The van der Waals surface area contributed by atoms with Gasteiger partial charge in [0.1, 0.15) is 47.6 Å². The van der Waals surface area contributed by atoms with E-state index in [1.165, 1.54) is 18.5 Å². The number of ether oxygens (including phenoxy) is 1. The molecule has 2 aromatic carbocycles. The van der Waals surface area contributed by atoms with Gasteiger partial charge in [-0.1, -0.05) is 19.1 Å². The number of nitrogens with one attached hydrogen (secondary N) is 1. The lowest BCUT2D eigenvalue weighted by Crippen LogP contribution is -2.43. The van der Waals surface area contributed by atoms with Crippen LogP contribution in [-0.4, -0.2) is 66.0 Å². The predicted octanol–water partition coefficient (Wildman–Crippen LogP) is 5.42. The topological polar surface area (TPSA) is 131 Å². The van der Waals surface area contributed by atoms with Gasteiger partial charge in [0.2, 0.25) is 0 Å². The fourth-order valence-electron chi connectivity index (χ4n) is 7.23. The Balaban J connectivity index is 1.23. The minimum absolute atomic E-state index is 0.0212. The van der Waals surface area contributed by atoms with E-state index in [0.29, 0.717) is 46.9 Å². The number of fused-ring (bicyclic) bond motifs is 4. The molecule has 2 aliphatic heterocycles. The van der Waals surface area contributed by atoms with Crippen molar-refractivity contribution in [3.63, 3.8) is 0 Å². The maximum Gasteiger partial charge on any atom is 0.349 e. The molecule has 0 unspecified atom stereocenters. The zero-order valence-electron chi connectivity index (χ0n) is 25.5. The average molecular weight is 640 g/mol. The number of aryl methyl sites for hydroxylation is 1. The number of phenols is 1. The molecule has 2 N–H and O–H groups in total. The largest absolute Gasteiger partial charge is 0.508 e. The number of aromatic hydroxyl groups is 1. The summed E-state index contributed by atoms with van der Waals surface area (Å²) in [5, 5.41) is 19.2. The maximum absolute atomic E-state index is 14.9. The summed E-state index contributed by atoms with van der Waals surface area (Å²) < 4.78 is 43.1. The number of halogens is 2. The van der Waals surface area contributed by atoms with E-state index in [2.05, 4.69) is 30.3 Å². The summed E-state index contributed by atoms with van der Waals surface area (Å²) in [6, 6.07) is 11.2. The SMILES string of the molecule is CCc1c(F)ccc2cc(O)cc(-c3cc4nc(OC[C@@]56CCCN5C[C@H](F)C6)nc(NCc5ccc6ncnn6c5)c4c(=O)o3)c12. The minimum Gasteiger partial charge on any atom is -0.508 e. The number of rotatable bonds is 8. The summed E-state index contributed by atoms with van der Waals surface area (Å²) in [7, 11) is 0. The first-order valence-electron chi connectivity index (χ1n) is 15.6. The second kappa shape index (κ2) is 11.3. The Kier molecular flexibility index (Phi) is 7.01. The fourth-order valence-corrected chi connectivity index (χ4v) is 7.23. The minimum atomic E-state index is -0.918. The number of anilines is 1. The highest BCUT2D eigenvalue weighted by Crippen LogP contribution is 2.41. The summed E-state index contributed by atoms with van der Waals surface area (Å²) in [6.07, 6.45) is 4.89. The fraction of sp³-hybridized carbons (Fsp3) is 0.324. The smallest absolute Gasteiger partial charge is 0.349 e. The number of alkyl halides is 1. The molecule has 2 saturated heterocycles. The Morgan fingerprint density at radius 3 is 2.94 bits per heavy atom. The Bertz CT molecular complexity index is 2240. The molecule has 0 radical (unpaired) electrons. The highest BCUT2D eigenvalue weighted by Gasteiger charge is 2.49. The molecule has 2 atom stereocenters. The standard InChI is InChI=1S/C34H31F2N7O4/c1-2-23-25(36)6-5-20-10-22(44)11-24(29(20)23)27-12-26-30(32(45)47-27)31(37-14-19-4-7-28-38-18-39-43(28)15-19)41-33(40-26)46-17-34-8-3-9-42(34)16-21(35)13-34/h4-7,10-12,15,18,21,44H,2-3,8-9,13-14,16-17H2,1H3,(H,37,40,41)/t21-,34+/m1/s1. The van der Waals surface area contributed by atoms with Crippen LogP contribution < -0.4 is 15.7 Å². The van der Waals surface area contributed by atoms with Crippen molar-refractivity contribution in [3.8, 4) is 23.1 Å². The van der Waals surface area contributed by atoms with Gasteiger partial charge in [-0.05, 0) is 72.0 Å².